The molecule has 0 aromatic carbocycles. The predicted molar refractivity (Wildman–Crippen MR) is 83.2 cm³/mol. The van der Waals surface area contributed by atoms with E-state index in [4.69, 9.17) is 5.73 Å². The van der Waals surface area contributed by atoms with Gasteiger partial charge in [0.15, 0.2) is 0 Å². The van der Waals surface area contributed by atoms with Crippen molar-refractivity contribution in [1.29, 1.82) is 0 Å². The van der Waals surface area contributed by atoms with Gasteiger partial charge in [-0.3, -0.25) is 4.79 Å². The summed E-state index contributed by atoms with van der Waals surface area (Å²) in [5, 5.41) is 0. The fourth-order valence-corrected chi connectivity index (χ4v) is 4.60. The Morgan fingerprint density at radius 3 is 2.95 bits per heavy atom. The molecule has 2 aliphatic rings. The fraction of sp³-hybridized carbons (Fsp3) is 0.688. The molecular formula is C16H24N2OS. The number of fused-ring (bicyclic) bond motifs is 1. The van der Waals surface area contributed by atoms with Crippen LogP contribution in [0.4, 0.5) is 0 Å². The number of thiophene rings is 1. The van der Waals surface area contributed by atoms with Crippen molar-refractivity contribution in [3.05, 3.63) is 21.4 Å². The zero-order valence-electron chi connectivity index (χ0n) is 12.2. The first-order valence-corrected chi connectivity index (χ1v) is 8.63. The number of amides is 1. The standard InChI is InChI=1S/C16H24N2OS/c1-11-6-7-12(9-17)10-18(11)16(19)15-8-13-4-2-3-5-14(13)20-15/h8,11-12H,2-7,9-10,17H2,1H3. The lowest BCUT2D eigenvalue weighted by Crippen LogP contribution is -2.46. The summed E-state index contributed by atoms with van der Waals surface area (Å²) in [5.74, 6) is 0.708. The minimum absolute atomic E-state index is 0.232. The van der Waals surface area contributed by atoms with E-state index in [0.29, 0.717) is 18.5 Å². The van der Waals surface area contributed by atoms with Gasteiger partial charge in [0.2, 0.25) is 0 Å². The van der Waals surface area contributed by atoms with E-state index < -0.39 is 0 Å². The first-order chi connectivity index (χ1) is 9.69. The zero-order valence-corrected chi connectivity index (χ0v) is 13.0. The summed E-state index contributed by atoms with van der Waals surface area (Å²) in [6, 6.07) is 2.50. The second-order valence-corrected chi connectivity index (χ2v) is 7.39. The SMILES string of the molecule is CC1CCC(CN)CN1C(=O)c1cc2c(s1)CCCC2. The highest BCUT2D eigenvalue weighted by atomic mass is 32.1. The minimum atomic E-state index is 0.232. The van der Waals surface area contributed by atoms with E-state index >= 15 is 0 Å². The van der Waals surface area contributed by atoms with E-state index in [0.717, 1.165) is 37.1 Å². The van der Waals surface area contributed by atoms with Gasteiger partial charge >= 0.3 is 0 Å². The van der Waals surface area contributed by atoms with Crippen LogP contribution >= 0.6 is 11.3 Å². The number of nitrogens with zero attached hydrogens (tertiary/aromatic N) is 1. The Morgan fingerprint density at radius 2 is 2.20 bits per heavy atom. The summed E-state index contributed by atoms with van der Waals surface area (Å²) in [4.78, 5) is 17.2. The first-order valence-electron chi connectivity index (χ1n) is 7.81. The molecule has 2 atom stereocenters. The maximum Gasteiger partial charge on any atom is 0.264 e. The first kappa shape index (κ1) is 14.1. The molecule has 1 aliphatic heterocycles. The molecule has 4 heteroatoms. The van der Waals surface area contributed by atoms with Crippen molar-refractivity contribution < 1.29 is 4.79 Å². The molecule has 110 valence electrons. The number of aryl methyl sites for hydroxylation is 2. The van der Waals surface area contributed by atoms with E-state index in [2.05, 4.69) is 17.9 Å². The van der Waals surface area contributed by atoms with E-state index in [-0.39, 0.29) is 5.91 Å². The monoisotopic (exact) mass is 292 g/mol. The average Bonchev–Trinajstić information content (AvgIpc) is 2.91. The van der Waals surface area contributed by atoms with Crippen LogP contribution in [-0.2, 0) is 12.8 Å². The Labute approximate surface area is 125 Å². The van der Waals surface area contributed by atoms with Crippen LogP contribution in [0, 0.1) is 5.92 Å². The van der Waals surface area contributed by atoms with E-state index in [1.165, 1.54) is 23.3 Å². The van der Waals surface area contributed by atoms with Crippen molar-refractivity contribution in [2.24, 2.45) is 11.7 Å². The van der Waals surface area contributed by atoms with Crippen LogP contribution in [0.2, 0.25) is 0 Å². The van der Waals surface area contributed by atoms with Crippen LogP contribution in [0.25, 0.3) is 0 Å². The molecule has 1 aromatic rings. The van der Waals surface area contributed by atoms with Crippen LogP contribution in [-0.4, -0.2) is 29.9 Å². The van der Waals surface area contributed by atoms with E-state index in [1.807, 2.05) is 0 Å². The van der Waals surface area contributed by atoms with Gasteiger partial charge in [0.25, 0.3) is 5.91 Å². The lowest BCUT2D eigenvalue weighted by atomic mass is 9.93. The molecular weight excluding hydrogens is 268 g/mol. The third kappa shape index (κ3) is 2.63. The van der Waals surface area contributed by atoms with Crippen molar-refractivity contribution in [2.75, 3.05) is 13.1 Å². The van der Waals surface area contributed by atoms with Crippen molar-refractivity contribution in [1.82, 2.24) is 4.90 Å². The lowest BCUT2D eigenvalue weighted by Gasteiger charge is -2.37. The summed E-state index contributed by atoms with van der Waals surface area (Å²) in [7, 11) is 0. The van der Waals surface area contributed by atoms with Crippen LogP contribution in [0.5, 0.6) is 0 Å². The van der Waals surface area contributed by atoms with Crippen LogP contribution in [0.1, 0.15) is 52.7 Å². The molecule has 20 heavy (non-hydrogen) atoms. The van der Waals surface area contributed by atoms with E-state index in [1.54, 1.807) is 11.3 Å². The van der Waals surface area contributed by atoms with Gasteiger partial charge < -0.3 is 10.6 Å². The number of piperidine rings is 1. The maximum atomic E-state index is 12.8. The molecule has 1 aromatic heterocycles. The molecule has 3 rings (SSSR count). The molecule has 3 nitrogen and oxygen atoms in total. The van der Waals surface area contributed by atoms with Crippen molar-refractivity contribution in [3.63, 3.8) is 0 Å². The molecule has 0 spiro atoms. The average molecular weight is 292 g/mol. The number of likely N-dealkylation sites (tertiary alicyclic amines) is 1. The summed E-state index contributed by atoms with van der Waals surface area (Å²) < 4.78 is 0. The van der Waals surface area contributed by atoms with Crippen LogP contribution in [0.3, 0.4) is 0 Å². The summed E-state index contributed by atoms with van der Waals surface area (Å²) in [6.07, 6.45) is 7.10. The normalized spacial score (nSPS) is 26.4. The molecule has 1 fully saturated rings. The van der Waals surface area contributed by atoms with Crippen LogP contribution in [0.15, 0.2) is 6.07 Å². The summed E-state index contributed by atoms with van der Waals surface area (Å²) >= 11 is 1.73. The highest BCUT2D eigenvalue weighted by Crippen LogP contribution is 2.32. The Balaban J connectivity index is 1.78. The van der Waals surface area contributed by atoms with Gasteiger partial charge in [-0.25, -0.2) is 0 Å². The summed E-state index contributed by atoms with van der Waals surface area (Å²) in [5.41, 5.74) is 7.21. The van der Waals surface area contributed by atoms with Crippen molar-refractivity contribution >= 4 is 17.2 Å². The predicted octanol–water partition coefficient (Wildman–Crippen LogP) is 2.83. The molecule has 0 radical (unpaired) electrons. The lowest BCUT2D eigenvalue weighted by molar-refractivity contribution is 0.0572. The fourth-order valence-electron chi connectivity index (χ4n) is 3.40. The number of hydrogen-bond acceptors (Lipinski definition) is 3. The third-order valence-electron chi connectivity index (χ3n) is 4.78. The van der Waals surface area contributed by atoms with Crippen LogP contribution < -0.4 is 5.73 Å². The minimum Gasteiger partial charge on any atom is -0.335 e. The molecule has 0 bridgehead atoms. The zero-order chi connectivity index (χ0) is 14.1. The molecule has 2 unspecified atom stereocenters. The Hall–Kier alpha value is -0.870. The topological polar surface area (TPSA) is 46.3 Å². The van der Waals surface area contributed by atoms with Crippen molar-refractivity contribution in [3.8, 4) is 0 Å². The molecule has 1 aliphatic carbocycles. The molecule has 1 saturated heterocycles. The van der Waals surface area contributed by atoms with Gasteiger partial charge in [-0.1, -0.05) is 0 Å². The van der Waals surface area contributed by atoms with Gasteiger partial charge in [0.05, 0.1) is 4.88 Å². The quantitative estimate of drug-likeness (QED) is 0.911. The number of hydrogen-bond donors (Lipinski definition) is 1. The smallest absolute Gasteiger partial charge is 0.264 e. The summed E-state index contributed by atoms with van der Waals surface area (Å²) in [6.45, 7) is 3.69. The third-order valence-corrected chi connectivity index (χ3v) is 6.01. The maximum absolute atomic E-state index is 12.8. The van der Waals surface area contributed by atoms with Crippen molar-refractivity contribution in [2.45, 2.75) is 51.5 Å². The molecule has 1 amide bonds. The highest BCUT2D eigenvalue weighted by molar-refractivity contribution is 7.14. The molecule has 2 N–H and O–H groups in total. The molecule has 2 heterocycles. The Morgan fingerprint density at radius 1 is 1.40 bits per heavy atom. The Kier molecular flexibility index (Phi) is 4.13. The Bertz CT molecular complexity index is 473. The van der Waals surface area contributed by atoms with Gasteiger partial charge in [0.1, 0.15) is 0 Å². The molecule has 0 saturated carbocycles. The number of rotatable bonds is 2. The van der Waals surface area contributed by atoms with Gasteiger partial charge in [0, 0.05) is 17.5 Å². The van der Waals surface area contributed by atoms with Gasteiger partial charge in [-0.15, -0.1) is 11.3 Å². The largest absolute Gasteiger partial charge is 0.335 e. The second-order valence-electron chi connectivity index (χ2n) is 6.25. The number of carbonyl (C=O) groups excluding carboxylic acids is 1. The second kappa shape index (κ2) is 5.86. The number of nitrogens with two attached hydrogens (primary N) is 1. The van der Waals surface area contributed by atoms with Gasteiger partial charge in [-0.05, 0) is 69.5 Å². The highest BCUT2D eigenvalue weighted by Gasteiger charge is 2.30. The number of carbonyl (C=O) groups is 1. The van der Waals surface area contributed by atoms with Gasteiger partial charge in [-0.2, -0.15) is 0 Å². The van der Waals surface area contributed by atoms with E-state index in [9.17, 15) is 4.79 Å².